The fraction of sp³-hybridized carbons (Fsp3) is 0.850. The number of fused-ring (bicyclic) bond motifs is 1. The molecule has 144 valence electrons. The van der Waals surface area contributed by atoms with Crippen LogP contribution < -0.4 is 5.32 Å². The Hall–Kier alpha value is -1.39. The summed E-state index contributed by atoms with van der Waals surface area (Å²) in [5.74, 6) is 2.66. The van der Waals surface area contributed by atoms with Gasteiger partial charge < -0.3 is 9.53 Å². The quantitative estimate of drug-likeness (QED) is 0.475. The van der Waals surface area contributed by atoms with Crippen molar-refractivity contribution in [1.82, 2.24) is 5.32 Å². The van der Waals surface area contributed by atoms with Crippen molar-refractivity contribution in [2.45, 2.75) is 78.4 Å². The number of nitrogens with zero attached hydrogens (tertiary/aromatic N) is 1. The number of rotatable bonds is 4. The van der Waals surface area contributed by atoms with Crippen molar-refractivity contribution >= 4 is 19.2 Å². The second kappa shape index (κ2) is 8.33. The number of aliphatic imine (C=N–C) groups is 1. The van der Waals surface area contributed by atoms with Gasteiger partial charge in [-0.15, -0.1) is 0 Å². The van der Waals surface area contributed by atoms with E-state index in [2.05, 4.69) is 33.0 Å². The molecule has 3 aliphatic carbocycles. The summed E-state index contributed by atoms with van der Waals surface area (Å²) < 4.78 is 6.11. The lowest BCUT2D eigenvalue weighted by Crippen LogP contribution is -2.35. The molecule has 0 radical (unpaired) electrons. The molecular weight excluding hydrogens is 316 g/mol. The zero-order valence-corrected chi connectivity index (χ0v) is 16.2. The molecule has 3 unspecified atom stereocenters. The van der Waals surface area contributed by atoms with Crippen molar-refractivity contribution < 1.29 is 15.8 Å². The van der Waals surface area contributed by atoms with Crippen LogP contribution in [0.5, 0.6) is 0 Å². The van der Waals surface area contributed by atoms with Gasteiger partial charge in [0, 0.05) is 1.43 Å². The average Bonchev–Trinajstić information content (AvgIpc) is 3.27. The highest BCUT2D eigenvalue weighted by Gasteiger charge is 2.65. The van der Waals surface area contributed by atoms with E-state index in [0.29, 0.717) is 29.7 Å². The van der Waals surface area contributed by atoms with Crippen LogP contribution in [0.15, 0.2) is 4.99 Å². The van der Waals surface area contributed by atoms with Gasteiger partial charge in [-0.05, 0) is 61.2 Å². The Labute approximate surface area is 153 Å². The molecule has 25 heavy (non-hydrogen) atoms. The number of carbonyl (C=O) groups is 2. The van der Waals surface area contributed by atoms with Crippen LogP contribution in [-0.4, -0.2) is 31.4 Å². The Balaban J connectivity index is 0.00000109. The molecule has 1 N–H and O–H groups in total. The van der Waals surface area contributed by atoms with E-state index in [1.54, 1.807) is 0 Å². The highest BCUT2D eigenvalue weighted by Crippen LogP contribution is 2.70. The number of amidine groups is 1. The van der Waals surface area contributed by atoms with E-state index in [-0.39, 0.29) is 13.6 Å². The molecule has 0 saturated heterocycles. The number of hydrogen-bond donors (Lipinski definition) is 1. The third-order valence-electron chi connectivity index (χ3n) is 6.92. The maximum atomic E-state index is 11.0. The number of hydrogen-bond acceptors (Lipinski definition) is 4. The minimum Gasteiger partial charge on any atom is -0.461 e. The van der Waals surface area contributed by atoms with Crippen LogP contribution in [0, 0.1) is 29.1 Å². The molecular formula is C20H36N2O3. The van der Waals surface area contributed by atoms with Gasteiger partial charge in [0.25, 0.3) is 6.02 Å². The summed E-state index contributed by atoms with van der Waals surface area (Å²) in [6, 6.07) is 0.744. The van der Waals surface area contributed by atoms with E-state index in [1.807, 2.05) is 6.79 Å². The van der Waals surface area contributed by atoms with Crippen LogP contribution in [0.25, 0.3) is 0 Å². The topological polar surface area (TPSA) is 67.8 Å². The highest BCUT2D eigenvalue weighted by molar-refractivity contribution is 5.84. The van der Waals surface area contributed by atoms with E-state index < -0.39 is 0 Å². The molecule has 5 nitrogen and oxygen atoms in total. The zero-order chi connectivity index (χ0) is 18.6. The maximum Gasteiger partial charge on any atom is 0.291 e. The summed E-state index contributed by atoms with van der Waals surface area (Å²) in [6.45, 7) is 11.2. The molecule has 6 atom stereocenters. The summed E-state index contributed by atoms with van der Waals surface area (Å²) in [6.07, 6.45) is 8.16. The lowest BCUT2D eigenvalue weighted by Gasteiger charge is -2.30. The van der Waals surface area contributed by atoms with E-state index in [1.165, 1.54) is 25.7 Å². The molecule has 1 amide bonds. The predicted molar refractivity (Wildman–Crippen MR) is 101 cm³/mol. The van der Waals surface area contributed by atoms with Crippen LogP contribution >= 0.6 is 0 Å². The fourth-order valence-electron chi connectivity index (χ4n) is 5.10. The third kappa shape index (κ3) is 4.06. The van der Waals surface area contributed by atoms with Gasteiger partial charge in [-0.1, -0.05) is 34.1 Å². The maximum absolute atomic E-state index is 11.0. The van der Waals surface area contributed by atoms with Crippen molar-refractivity contribution in [1.29, 1.82) is 0 Å². The molecule has 0 spiro atoms. The summed E-state index contributed by atoms with van der Waals surface area (Å²) in [5, 5.41) is 2.72. The van der Waals surface area contributed by atoms with Crippen LogP contribution in [0.3, 0.4) is 0 Å². The van der Waals surface area contributed by atoms with Crippen molar-refractivity contribution in [2.75, 3.05) is 0 Å². The summed E-state index contributed by atoms with van der Waals surface area (Å²) in [4.78, 5) is 23.8. The van der Waals surface area contributed by atoms with Gasteiger partial charge in [-0.2, -0.15) is 0 Å². The van der Waals surface area contributed by atoms with Gasteiger partial charge in [0.2, 0.25) is 6.41 Å². The molecule has 3 fully saturated rings. The first-order valence-electron chi connectivity index (χ1n) is 9.71. The van der Waals surface area contributed by atoms with Gasteiger partial charge in [0.05, 0.1) is 6.04 Å². The SMILES string of the molecule is C=O.CC1CCCCC1OC(=NC1C[C@]2(C(C)C)C[C@@H]2[C@H]1C)NC=O.[HH]. The number of carbonyl (C=O) groups excluding carboxylic acids is 2. The molecule has 0 aromatic rings. The van der Waals surface area contributed by atoms with Gasteiger partial charge in [-0.3, -0.25) is 10.1 Å². The molecule has 0 aromatic carbocycles. The second-order valence-electron chi connectivity index (χ2n) is 8.44. The average molecular weight is 353 g/mol. The Morgan fingerprint density at radius 2 is 1.96 bits per heavy atom. The molecule has 3 rings (SSSR count). The minimum absolute atomic E-state index is 0. The Kier molecular flexibility index (Phi) is 6.64. The number of nitrogens with one attached hydrogen (secondary N) is 1. The third-order valence-corrected chi connectivity index (χ3v) is 6.92. The molecule has 0 heterocycles. The summed E-state index contributed by atoms with van der Waals surface area (Å²) >= 11 is 0. The standard InChI is InChI=1S/C19H32N2O2.CH2O.H2/c1-12(2)19-9-15(19)14(4)16(10-19)21-18(20-11-22)23-17-8-6-5-7-13(17)3;1-2;/h11-17H,5-10H2,1-4H3,(H,20,21,22);1H2;1H/t13?,14-,15-,16?,17?,19+;;/m1../s1. The van der Waals surface area contributed by atoms with E-state index in [9.17, 15) is 4.79 Å². The first-order chi connectivity index (χ1) is 12.0. The van der Waals surface area contributed by atoms with Crippen molar-refractivity contribution in [2.24, 2.45) is 34.1 Å². The van der Waals surface area contributed by atoms with Gasteiger partial charge in [0.1, 0.15) is 12.9 Å². The Morgan fingerprint density at radius 1 is 1.28 bits per heavy atom. The normalized spacial score (nSPS) is 39.9. The van der Waals surface area contributed by atoms with E-state index >= 15 is 0 Å². The Bertz CT molecular complexity index is 499. The van der Waals surface area contributed by atoms with Crippen LogP contribution in [0.1, 0.15) is 67.6 Å². The first-order valence-corrected chi connectivity index (χ1v) is 9.71. The highest BCUT2D eigenvalue weighted by atomic mass is 16.5. The Morgan fingerprint density at radius 3 is 2.52 bits per heavy atom. The predicted octanol–water partition coefficient (Wildman–Crippen LogP) is 3.82. The summed E-state index contributed by atoms with van der Waals surface area (Å²) in [5.41, 5.74) is 0.498. The summed E-state index contributed by atoms with van der Waals surface area (Å²) in [7, 11) is 0. The van der Waals surface area contributed by atoms with Crippen LogP contribution in [-0.2, 0) is 14.3 Å². The second-order valence-corrected chi connectivity index (χ2v) is 8.44. The number of ether oxygens (including phenoxy) is 1. The van der Waals surface area contributed by atoms with Gasteiger partial charge >= 0.3 is 0 Å². The lowest BCUT2D eigenvalue weighted by molar-refractivity contribution is -0.108. The van der Waals surface area contributed by atoms with Crippen molar-refractivity contribution in [3.63, 3.8) is 0 Å². The number of amides is 1. The van der Waals surface area contributed by atoms with Crippen LogP contribution in [0.4, 0.5) is 0 Å². The molecule has 3 saturated carbocycles. The minimum atomic E-state index is 0. The van der Waals surface area contributed by atoms with Gasteiger partial charge in [0.15, 0.2) is 0 Å². The van der Waals surface area contributed by atoms with Gasteiger partial charge in [-0.25, -0.2) is 4.99 Å². The smallest absolute Gasteiger partial charge is 0.291 e. The van der Waals surface area contributed by atoms with Crippen LogP contribution in [0.2, 0.25) is 0 Å². The monoisotopic (exact) mass is 352 g/mol. The molecule has 0 aromatic heterocycles. The lowest BCUT2D eigenvalue weighted by atomic mass is 9.88. The van der Waals surface area contributed by atoms with Crippen molar-refractivity contribution in [3.8, 4) is 0 Å². The largest absolute Gasteiger partial charge is 0.461 e. The van der Waals surface area contributed by atoms with E-state index in [4.69, 9.17) is 14.5 Å². The van der Waals surface area contributed by atoms with E-state index in [0.717, 1.165) is 24.7 Å². The molecule has 0 aliphatic heterocycles. The molecule has 5 heteroatoms. The fourth-order valence-corrected chi connectivity index (χ4v) is 5.10. The first kappa shape index (κ1) is 19.9. The van der Waals surface area contributed by atoms with Crippen molar-refractivity contribution in [3.05, 3.63) is 0 Å². The molecule has 3 aliphatic rings. The molecule has 0 bridgehead atoms. The zero-order valence-electron chi connectivity index (χ0n) is 16.2.